The Morgan fingerprint density at radius 2 is 1.11 bits per heavy atom. The predicted octanol–water partition coefficient (Wildman–Crippen LogP) is 3.10. The number of carbonyl (C=O) groups excluding carboxylic acids is 5. The van der Waals surface area contributed by atoms with Crippen LogP contribution >= 0.6 is 0 Å². The molecule has 0 heterocycles. The lowest BCUT2D eigenvalue weighted by Crippen LogP contribution is -2.36. The number of rotatable bonds is 16. The molecule has 0 radical (unpaired) electrons. The van der Waals surface area contributed by atoms with Gasteiger partial charge in [-0.15, -0.1) is 0 Å². The number of methoxy groups -OCH3 is 4. The summed E-state index contributed by atoms with van der Waals surface area (Å²) in [5.41, 5.74) is 1.14. The Hall–Kier alpha value is -5.21. The normalized spacial score (nSPS) is 10.6. The highest BCUT2D eigenvalue weighted by Crippen LogP contribution is 2.33. The second-order valence-electron chi connectivity index (χ2n) is 11.0. The van der Waals surface area contributed by atoms with Crippen LogP contribution in [0.1, 0.15) is 26.3 Å². The Kier molecular flexibility index (Phi) is 14.6. The molecule has 0 aromatic heterocycles. The van der Waals surface area contributed by atoms with Gasteiger partial charge < -0.3 is 43.0 Å². The van der Waals surface area contributed by atoms with E-state index in [0.717, 1.165) is 5.56 Å². The standard InChI is InChI=1S/C32H43N3O12/c1-21-9-11-23(34(17-27(36)41-5)18-28(37)42-6)26(15-21)46-14-13-45-25-12-10-22(33-31(40)47-32(2,3)4)16-24(25)35(19-29(38)43-7)20-30(39)44-8/h9-12,15-16H,13-14,17-20H2,1-8H3,(H,33,40). The average Bonchev–Trinajstić information content (AvgIpc) is 3.01. The minimum Gasteiger partial charge on any atom is -0.488 e. The summed E-state index contributed by atoms with van der Waals surface area (Å²) in [5, 5.41) is 2.63. The van der Waals surface area contributed by atoms with Crippen molar-refractivity contribution in [1.29, 1.82) is 0 Å². The van der Waals surface area contributed by atoms with Gasteiger partial charge >= 0.3 is 30.0 Å². The van der Waals surface area contributed by atoms with Crippen molar-refractivity contribution in [2.75, 3.05) is 82.9 Å². The molecule has 0 spiro atoms. The van der Waals surface area contributed by atoms with Gasteiger partial charge in [0, 0.05) is 5.69 Å². The highest BCUT2D eigenvalue weighted by atomic mass is 16.6. The topological polar surface area (TPSA) is 168 Å². The van der Waals surface area contributed by atoms with Crippen LogP contribution in [0.2, 0.25) is 0 Å². The van der Waals surface area contributed by atoms with Gasteiger partial charge in [0.1, 0.15) is 56.5 Å². The van der Waals surface area contributed by atoms with Crippen molar-refractivity contribution >= 4 is 47.0 Å². The Balaban J connectivity index is 2.36. The summed E-state index contributed by atoms with van der Waals surface area (Å²) in [6.07, 6.45) is -0.708. The van der Waals surface area contributed by atoms with E-state index in [-0.39, 0.29) is 50.8 Å². The zero-order valence-electron chi connectivity index (χ0n) is 28.0. The van der Waals surface area contributed by atoms with E-state index >= 15 is 0 Å². The number of anilines is 3. The van der Waals surface area contributed by atoms with E-state index in [1.54, 1.807) is 51.1 Å². The summed E-state index contributed by atoms with van der Waals surface area (Å²) in [7, 11) is 4.92. The molecular formula is C32H43N3O12. The fraction of sp³-hybridized carbons (Fsp3) is 0.469. The molecule has 15 heteroatoms. The summed E-state index contributed by atoms with van der Waals surface area (Å²) in [6, 6.07) is 9.89. The Labute approximate surface area is 273 Å². The molecule has 47 heavy (non-hydrogen) atoms. The monoisotopic (exact) mass is 661 g/mol. The molecule has 2 aromatic carbocycles. The van der Waals surface area contributed by atoms with E-state index in [1.807, 2.05) is 6.92 Å². The minimum atomic E-state index is -0.745. The van der Waals surface area contributed by atoms with Gasteiger partial charge in [0.2, 0.25) is 0 Å². The number of hydrogen-bond acceptors (Lipinski definition) is 14. The van der Waals surface area contributed by atoms with Crippen LogP contribution in [0.25, 0.3) is 0 Å². The first-order valence-electron chi connectivity index (χ1n) is 14.5. The molecule has 2 aromatic rings. The van der Waals surface area contributed by atoms with E-state index in [0.29, 0.717) is 17.1 Å². The lowest BCUT2D eigenvalue weighted by atomic mass is 10.2. The second kappa shape index (κ2) is 18.1. The van der Waals surface area contributed by atoms with Gasteiger partial charge in [0.15, 0.2) is 0 Å². The van der Waals surface area contributed by atoms with Crippen LogP contribution in [0.15, 0.2) is 36.4 Å². The quantitative estimate of drug-likeness (QED) is 0.158. The van der Waals surface area contributed by atoms with Gasteiger partial charge in [-0.2, -0.15) is 0 Å². The summed E-state index contributed by atoms with van der Waals surface area (Å²) >= 11 is 0. The van der Waals surface area contributed by atoms with Crippen molar-refractivity contribution in [3.05, 3.63) is 42.0 Å². The summed E-state index contributed by atoms with van der Waals surface area (Å²) in [4.78, 5) is 64.0. The smallest absolute Gasteiger partial charge is 0.412 e. The van der Waals surface area contributed by atoms with E-state index in [9.17, 15) is 24.0 Å². The molecule has 0 aliphatic heterocycles. The molecule has 15 nitrogen and oxygen atoms in total. The van der Waals surface area contributed by atoms with Gasteiger partial charge in [-0.25, -0.2) is 4.79 Å². The molecule has 0 atom stereocenters. The maximum absolute atomic E-state index is 12.4. The van der Waals surface area contributed by atoms with Gasteiger partial charge in [0.05, 0.1) is 39.8 Å². The van der Waals surface area contributed by atoms with Crippen molar-refractivity contribution < 1.29 is 57.1 Å². The first kappa shape index (κ1) is 38.0. The number of nitrogens with one attached hydrogen (secondary N) is 1. The van der Waals surface area contributed by atoms with Crippen molar-refractivity contribution in [2.24, 2.45) is 0 Å². The average molecular weight is 662 g/mol. The number of benzene rings is 2. The number of esters is 4. The van der Waals surface area contributed by atoms with Gasteiger partial charge in [0.25, 0.3) is 0 Å². The molecule has 0 bridgehead atoms. The third-order valence-corrected chi connectivity index (χ3v) is 6.19. The highest BCUT2D eigenvalue weighted by molar-refractivity contribution is 5.88. The predicted molar refractivity (Wildman–Crippen MR) is 171 cm³/mol. The minimum absolute atomic E-state index is 0.00605. The Bertz CT molecular complexity index is 1370. The van der Waals surface area contributed by atoms with Crippen molar-refractivity contribution in [2.45, 2.75) is 33.3 Å². The van der Waals surface area contributed by atoms with Crippen molar-refractivity contribution in [1.82, 2.24) is 0 Å². The van der Waals surface area contributed by atoms with Crippen molar-refractivity contribution in [3.8, 4) is 11.5 Å². The Morgan fingerprint density at radius 3 is 1.57 bits per heavy atom. The number of hydrogen-bond donors (Lipinski definition) is 1. The largest absolute Gasteiger partial charge is 0.488 e. The molecule has 0 aliphatic carbocycles. The van der Waals surface area contributed by atoms with Crippen LogP contribution in [0.3, 0.4) is 0 Å². The molecule has 1 amide bonds. The zero-order valence-corrected chi connectivity index (χ0v) is 28.0. The third-order valence-electron chi connectivity index (χ3n) is 6.19. The highest BCUT2D eigenvalue weighted by Gasteiger charge is 2.23. The van der Waals surface area contributed by atoms with Crippen LogP contribution < -0.4 is 24.6 Å². The molecule has 0 aliphatic rings. The number of ether oxygens (including phenoxy) is 7. The fourth-order valence-corrected chi connectivity index (χ4v) is 4.02. The molecule has 0 unspecified atom stereocenters. The third kappa shape index (κ3) is 13.0. The van der Waals surface area contributed by atoms with E-state index in [4.69, 9.17) is 33.2 Å². The molecule has 0 saturated heterocycles. The Morgan fingerprint density at radius 1 is 0.638 bits per heavy atom. The SMILES string of the molecule is COC(=O)CN(CC(=O)OC)c1ccc(C)cc1OCCOc1ccc(NC(=O)OC(C)(C)C)cc1N(CC(=O)OC)CC(=O)OC. The van der Waals surface area contributed by atoms with Gasteiger partial charge in [-0.3, -0.25) is 24.5 Å². The molecule has 0 fully saturated rings. The molecule has 0 saturated carbocycles. The van der Waals surface area contributed by atoms with Gasteiger partial charge in [-0.1, -0.05) is 6.07 Å². The van der Waals surface area contributed by atoms with Crippen LogP contribution in [0.5, 0.6) is 11.5 Å². The van der Waals surface area contributed by atoms with Crippen molar-refractivity contribution in [3.63, 3.8) is 0 Å². The van der Waals surface area contributed by atoms with Crippen LogP contribution in [0.4, 0.5) is 21.9 Å². The first-order valence-corrected chi connectivity index (χ1v) is 14.5. The summed E-state index contributed by atoms with van der Waals surface area (Å²) < 4.78 is 36.6. The van der Waals surface area contributed by atoms with Crippen LogP contribution in [0, 0.1) is 6.92 Å². The number of amides is 1. The zero-order chi connectivity index (χ0) is 35.1. The van der Waals surface area contributed by atoms with Gasteiger partial charge in [-0.05, 0) is 63.6 Å². The maximum Gasteiger partial charge on any atom is 0.412 e. The summed E-state index contributed by atoms with van der Waals surface area (Å²) in [6.45, 7) is 5.88. The molecule has 2 rings (SSSR count). The van der Waals surface area contributed by atoms with E-state index in [2.05, 4.69) is 5.32 Å². The molecule has 258 valence electrons. The fourth-order valence-electron chi connectivity index (χ4n) is 4.02. The molecule has 1 N–H and O–H groups in total. The number of nitrogens with zero attached hydrogens (tertiary/aromatic N) is 2. The summed E-state index contributed by atoms with van der Waals surface area (Å²) in [5.74, 6) is -1.78. The maximum atomic E-state index is 12.4. The molecular weight excluding hydrogens is 618 g/mol. The number of aryl methyl sites for hydroxylation is 1. The first-order chi connectivity index (χ1) is 22.2. The van der Waals surface area contributed by atoms with Crippen LogP contribution in [-0.4, -0.2) is 103 Å². The lowest BCUT2D eigenvalue weighted by Gasteiger charge is -2.26. The van der Waals surface area contributed by atoms with Crippen LogP contribution in [-0.2, 0) is 42.9 Å². The lowest BCUT2D eigenvalue weighted by molar-refractivity contribution is -0.141. The number of carbonyl (C=O) groups is 5. The second-order valence-corrected chi connectivity index (χ2v) is 11.0. The van der Waals surface area contributed by atoms with E-state index in [1.165, 1.54) is 44.3 Å². The van der Waals surface area contributed by atoms with E-state index < -0.39 is 35.6 Å².